The summed E-state index contributed by atoms with van der Waals surface area (Å²) in [6, 6.07) is 9.18. The molecule has 0 atom stereocenters. The molecule has 114 valence electrons. The predicted octanol–water partition coefficient (Wildman–Crippen LogP) is 1.56. The summed E-state index contributed by atoms with van der Waals surface area (Å²) >= 11 is 1.04. The number of hydrogen-bond acceptors (Lipinski definition) is 7. The van der Waals surface area contributed by atoms with Crippen molar-refractivity contribution in [1.29, 1.82) is 0 Å². The predicted molar refractivity (Wildman–Crippen MR) is 79.9 cm³/mol. The van der Waals surface area contributed by atoms with Crippen LogP contribution in [0.4, 0.5) is 9.93 Å². The first-order valence-corrected chi connectivity index (χ1v) is 6.93. The molecule has 22 heavy (non-hydrogen) atoms. The van der Waals surface area contributed by atoms with E-state index in [1.54, 1.807) is 0 Å². The van der Waals surface area contributed by atoms with Gasteiger partial charge in [0.1, 0.15) is 12.3 Å². The lowest BCUT2D eigenvalue weighted by Gasteiger charge is -2.04. The van der Waals surface area contributed by atoms with E-state index in [0.717, 1.165) is 16.9 Å². The number of hydrogen-bond donors (Lipinski definition) is 3. The van der Waals surface area contributed by atoms with Crippen molar-refractivity contribution < 1.29 is 19.5 Å². The number of nitrogens with one attached hydrogen (secondary N) is 1. The molecule has 2 aromatic rings. The summed E-state index contributed by atoms with van der Waals surface area (Å²) in [6.45, 7) is 0.121. The van der Waals surface area contributed by atoms with Crippen molar-refractivity contribution >= 4 is 34.2 Å². The zero-order valence-electron chi connectivity index (χ0n) is 11.2. The molecule has 0 aliphatic carbocycles. The molecule has 9 heteroatoms. The van der Waals surface area contributed by atoms with Crippen molar-refractivity contribution in [2.75, 3.05) is 5.32 Å². The molecule has 1 aromatic carbocycles. The van der Waals surface area contributed by atoms with E-state index in [2.05, 4.69) is 15.5 Å². The lowest BCUT2D eigenvalue weighted by molar-refractivity contribution is -0.112. The Hall–Kier alpha value is -2.94. The lowest BCUT2D eigenvalue weighted by atomic mass is 10.2. The first-order valence-electron chi connectivity index (χ1n) is 6.05. The minimum atomic E-state index is -0.925. The number of oxime groups is 1. The number of benzene rings is 1. The summed E-state index contributed by atoms with van der Waals surface area (Å²) in [7, 11) is 0. The average molecular weight is 320 g/mol. The van der Waals surface area contributed by atoms with Gasteiger partial charge in [-0.05, 0) is 5.56 Å². The normalized spacial score (nSPS) is 11.0. The zero-order valence-corrected chi connectivity index (χ0v) is 12.0. The number of carbonyl (C=O) groups excluding carboxylic acids is 2. The van der Waals surface area contributed by atoms with Gasteiger partial charge in [0.25, 0.3) is 5.91 Å². The van der Waals surface area contributed by atoms with Gasteiger partial charge >= 0.3 is 6.09 Å². The Balaban J connectivity index is 1.92. The van der Waals surface area contributed by atoms with E-state index in [0.29, 0.717) is 0 Å². The summed E-state index contributed by atoms with van der Waals surface area (Å²) in [6.07, 6.45) is -0.689. The Morgan fingerprint density at radius 1 is 1.36 bits per heavy atom. The van der Waals surface area contributed by atoms with Crippen LogP contribution in [0.25, 0.3) is 0 Å². The van der Waals surface area contributed by atoms with E-state index in [1.807, 2.05) is 30.3 Å². The fourth-order valence-corrected chi connectivity index (χ4v) is 2.19. The molecule has 0 spiro atoms. The molecule has 1 aromatic heterocycles. The summed E-state index contributed by atoms with van der Waals surface area (Å²) in [5.74, 6) is -0.925. The van der Waals surface area contributed by atoms with Gasteiger partial charge in [-0.25, -0.2) is 9.78 Å². The molecule has 0 unspecified atom stereocenters. The van der Waals surface area contributed by atoms with Crippen LogP contribution in [0.15, 0.2) is 40.9 Å². The molecule has 8 nitrogen and oxygen atoms in total. The summed E-state index contributed by atoms with van der Waals surface area (Å²) in [5, 5.41) is 15.5. The fraction of sp³-hybridized carbons (Fsp3) is 0.0769. The van der Waals surface area contributed by atoms with E-state index >= 15 is 0 Å². The van der Waals surface area contributed by atoms with Crippen molar-refractivity contribution in [2.24, 2.45) is 10.9 Å². The zero-order chi connectivity index (χ0) is 15.9. The minimum absolute atomic E-state index is 0.0679. The SMILES string of the molecule is NC(=O)/C(=N\O)c1csc(NC(=O)OCc2ccccc2)n1. The number of anilines is 1. The molecule has 0 saturated carbocycles. The molecule has 0 aliphatic rings. The van der Waals surface area contributed by atoms with Crippen LogP contribution in [-0.2, 0) is 16.1 Å². The molecule has 0 bridgehead atoms. The quantitative estimate of drug-likeness (QED) is 0.437. The summed E-state index contributed by atoms with van der Waals surface area (Å²) in [4.78, 5) is 26.5. The number of primary amides is 1. The maximum atomic E-state index is 11.6. The van der Waals surface area contributed by atoms with Gasteiger partial charge in [0.2, 0.25) is 0 Å². The van der Waals surface area contributed by atoms with Crippen LogP contribution in [0, 0.1) is 0 Å². The maximum absolute atomic E-state index is 11.6. The molecule has 2 rings (SSSR count). The first kappa shape index (κ1) is 15.4. The van der Waals surface area contributed by atoms with Gasteiger partial charge in [-0.1, -0.05) is 35.5 Å². The van der Waals surface area contributed by atoms with Crippen LogP contribution in [0.2, 0.25) is 0 Å². The standard InChI is InChI=1S/C13H12N4O4S/c14-11(18)10(17-20)9-7-22-12(15-9)16-13(19)21-6-8-4-2-1-3-5-8/h1-5,7,20H,6H2,(H2,14,18)(H,15,16,19)/b17-10-. The van der Waals surface area contributed by atoms with Gasteiger partial charge in [-0.3, -0.25) is 10.1 Å². The maximum Gasteiger partial charge on any atom is 0.413 e. The van der Waals surface area contributed by atoms with E-state index in [-0.39, 0.29) is 23.1 Å². The van der Waals surface area contributed by atoms with Gasteiger partial charge in [-0.15, -0.1) is 11.3 Å². The highest BCUT2D eigenvalue weighted by molar-refractivity contribution is 7.14. The van der Waals surface area contributed by atoms with E-state index < -0.39 is 12.0 Å². The number of rotatable bonds is 5. The molecule has 0 saturated heterocycles. The monoisotopic (exact) mass is 320 g/mol. The minimum Gasteiger partial charge on any atom is -0.444 e. The Kier molecular flexibility index (Phi) is 5.04. The van der Waals surface area contributed by atoms with Gasteiger partial charge in [0, 0.05) is 5.38 Å². The molecular weight excluding hydrogens is 308 g/mol. The number of carbonyl (C=O) groups is 2. The first-order chi connectivity index (χ1) is 10.6. The Bertz CT molecular complexity index is 699. The van der Waals surface area contributed by atoms with Crippen molar-refractivity contribution in [2.45, 2.75) is 6.61 Å². The van der Waals surface area contributed by atoms with Crippen molar-refractivity contribution in [1.82, 2.24) is 4.98 Å². The average Bonchev–Trinajstić information content (AvgIpc) is 2.94. The second kappa shape index (κ2) is 7.18. The van der Waals surface area contributed by atoms with Crippen LogP contribution in [-0.4, -0.2) is 27.9 Å². The van der Waals surface area contributed by atoms with Crippen molar-refractivity contribution in [3.8, 4) is 0 Å². The van der Waals surface area contributed by atoms with E-state index in [1.165, 1.54) is 5.38 Å². The molecule has 2 amide bonds. The summed E-state index contributed by atoms with van der Waals surface area (Å²) in [5.41, 5.74) is 5.55. The number of thiazole rings is 1. The van der Waals surface area contributed by atoms with Gasteiger partial charge in [-0.2, -0.15) is 0 Å². The molecule has 0 radical (unpaired) electrons. The van der Waals surface area contributed by atoms with Crippen molar-refractivity contribution in [3.05, 3.63) is 47.0 Å². The number of aromatic nitrogens is 1. The number of ether oxygens (including phenoxy) is 1. The molecular formula is C13H12N4O4S. The Labute approximate surface area is 129 Å². The molecule has 0 aliphatic heterocycles. The summed E-state index contributed by atoms with van der Waals surface area (Å²) < 4.78 is 5.02. The highest BCUT2D eigenvalue weighted by atomic mass is 32.1. The largest absolute Gasteiger partial charge is 0.444 e. The highest BCUT2D eigenvalue weighted by Gasteiger charge is 2.16. The van der Waals surface area contributed by atoms with Crippen LogP contribution in [0.1, 0.15) is 11.3 Å². The second-order valence-electron chi connectivity index (χ2n) is 4.04. The van der Waals surface area contributed by atoms with Gasteiger partial charge in [0.15, 0.2) is 10.8 Å². The van der Waals surface area contributed by atoms with Crippen LogP contribution < -0.4 is 11.1 Å². The smallest absolute Gasteiger partial charge is 0.413 e. The fourth-order valence-electron chi connectivity index (χ4n) is 1.51. The van der Waals surface area contributed by atoms with Crippen LogP contribution in [0.3, 0.4) is 0 Å². The van der Waals surface area contributed by atoms with Crippen LogP contribution >= 0.6 is 11.3 Å². The van der Waals surface area contributed by atoms with Crippen LogP contribution in [0.5, 0.6) is 0 Å². The second-order valence-corrected chi connectivity index (χ2v) is 4.90. The Morgan fingerprint density at radius 2 is 2.09 bits per heavy atom. The number of nitrogens with zero attached hydrogens (tertiary/aromatic N) is 2. The highest BCUT2D eigenvalue weighted by Crippen LogP contribution is 2.16. The molecule has 4 N–H and O–H groups in total. The molecule has 1 heterocycles. The molecule has 0 fully saturated rings. The lowest BCUT2D eigenvalue weighted by Crippen LogP contribution is -2.24. The van der Waals surface area contributed by atoms with E-state index in [9.17, 15) is 9.59 Å². The van der Waals surface area contributed by atoms with E-state index in [4.69, 9.17) is 15.7 Å². The number of nitrogens with two attached hydrogens (primary N) is 1. The number of amides is 2. The van der Waals surface area contributed by atoms with Gasteiger partial charge in [0.05, 0.1) is 0 Å². The van der Waals surface area contributed by atoms with Crippen molar-refractivity contribution in [3.63, 3.8) is 0 Å². The third kappa shape index (κ3) is 4.03. The third-order valence-electron chi connectivity index (χ3n) is 2.50. The topological polar surface area (TPSA) is 127 Å². The van der Waals surface area contributed by atoms with Gasteiger partial charge < -0.3 is 15.7 Å². The Morgan fingerprint density at radius 3 is 2.73 bits per heavy atom. The third-order valence-corrected chi connectivity index (χ3v) is 3.26.